The highest BCUT2D eigenvalue weighted by Crippen LogP contribution is 2.32. The average molecular weight is 405 g/mol. The number of aliphatic carboxylic acids is 1. The second-order valence-corrected chi connectivity index (χ2v) is 7.32. The average Bonchev–Trinajstić information content (AvgIpc) is 3.10. The molecule has 8 heteroatoms. The first kappa shape index (κ1) is 18.6. The molecule has 0 saturated heterocycles. The number of nitrogens with zero attached hydrogens (tertiary/aromatic N) is 2. The standard InChI is InChI=1S/C18H13ClN2O3S2/c1-25-12-8-6-11(7-9-12)10-15(17(22)23)26-18-21-20-16(24-18)13-4-2-3-5-14(13)19/h2-10H,1H3,(H,22,23)/b15-10+. The lowest BCUT2D eigenvalue weighted by molar-refractivity contribution is -0.131. The molecule has 0 bridgehead atoms. The molecule has 0 aliphatic carbocycles. The molecule has 0 unspecified atom stereocenters. The van der Waals surface area contributed by atoms with Gasteiger partial charge < -0.3 is 9.52 Å². The summed E-state index contributed by atoms with van der Waals surface area (Å²) in [7, 11) is 0. The number of thioether (sulfide) groups is 2. The van der Waals surface area contributed by atoms with Crippen LogP contribution >= 0.6 is 35.1 Å². The molecule has 1 N–H and O–H groups in total. The van der Waals surface area contributed by atoms with Crippen LogP contribution in [0.2, 0.25) is 5.02 Å². The van der Waals surface area contributed by atoms with E-state index in [-0.39, 0.29) is 16.0 Å². The first-order valence-corrected chi connectivity index (χ1v) is 9.84. The number of hydrogen-bond donors (Lipinski definition) is 1. The molecule has 0 spiro atoms. The molecule has 2 aromatic carbocycles. The van der Waals surface area contributed by atoms with Crippen molar-refractivity contribution in [3.63, 3.8) is 0 Å². The number of carboxylic acid groups (broad SMARTS) is 1. The Morgan fingerprint density at radius 2 is 1.88 bits per heavy atom. The van der Waals surface area contributed by atoms with Gasteiger partial charge in [0.2, 0.25) is 5.89 Å². The molecular formula is C18H13ClN2O3S2. The molecule has 132 valence electrons. The number of benzene rings is 2. The molecule has 3 rings (SSSR count). The van der Waals surface area contributed by atoms with Crippen LogP contribution in [0.3, 0.4) is 0 Å². The van der Waals surface area contributed by atoms with Crippen LogP contribution in [0.15, 0.2) is 68.0 Å². The van der Waals surface area contributed by atoms with Crippen LogP contribution in [0.1, 0.15) is 5.56 Å². The van der Waals surface area contributed by atoms with E-state index in [0.29, 0.717) is 10.6 Å². The van der Waals surface area contributed by atoms with Crippen LogP contribution < -0.4 is 0 Å². The maximum atomic E-state index is 11.6. The highest BCUT2D eigenvalue weighted by Gasteiger charge is 2.17. The van der Waals surface area contributed by atoms with E-state index < -0.39 is 5.97 Å². The first-order valence-electron chi connectivity index (χ1n) is 7.42. The number of halogens is 1. The Labute approximate surface area is 163 Å². The fourth-order valence-corrected chi connectivity index (χ4v) is 3.37. The van der Waals surface area contributed by atoms with Gasteiger partial charge in [-0.2, -0.15) is 0 Å². The number of rotatable bonds is 6. The summed E-state index contributed by atoms with van der Waals surface area (Å²) in [6.07, 6.45) is 3.55. The molecule has 1 aromatic heterocycles. The summed E-state index contributed by atoms with van der Waals surface area (Å²) in [5.41, 5.74) is 1.38. The number of aromatic nitrogens is 2. The van der Waals surface area contributed by atoms with Crippen molar-refractivity contribution < 1.29 is 14.3 Å². The maximum absolute atomic E-state index is 11.6. The van der Waals surface area contributed by atoms with E-state index in [4.69, 9.17) is 16.0 Å². The van der Waals surface area contributed by atoms with E-state index in [1.54, 1.807) is 42.1 Å². The van der Waals surface area contributed by atoms with E-state index in [1.807, 2.05) is 30.5 Å². The normalized spacial score (nSPS) is 11.5. The van der Waals surface area contributed by atoms with Gasteiger partial charge in [-0.05, 0) is 53.9 Å². The Bertz CT molecular complexity index is 955. The largest absolute Gasteiger partial charge is 0.477 e. The molecule has 0 aliphatic heterocycles. The Morgan fingerprint density at radius 3 is 2.54 bits per heavy atom. The highest BCUT2D eigenvalue weighted by molar-refractivity contribution is 8.03. The summed E-state index contributed by atoms with van der Waals surface area (Å²) in [5.74, 6) is -0.825. The lowest BCUT2D eigenvalue weighted by atomic mass is 10.2. The molecule has 0 amide bonds. The molecule has 3 aromatic rings. The minimum absolute atomic E-state index is 0.0799. The zero-order valence-corrected chi connectivity index (χ0v) is 15.9. The molecule has 26 heavy (non-hydrogen) atoms. The summed E-state index contributed by atoms with van der Waals surface area (Å²) < 4.78 is 5.55. The van der Waals surface area contributed by atoms with E-state index >= 15 is 0 Å². The van der Waals surface area contributed by atoms with Crippen molar-refractivity contribution in [3.8, 4) is 11.5 Å². The second-order valence-electron chi connectivity index (χ2n) is 5.04. The van der Waals surface area contributed by atoms with Crippen LogP contribution in [0.25, 0.3) is 17.5 Å². The van der Waals surface area contributed by atoms with Crippen molar-refractivity contribution in [1.29, 1.82) is 0 Å². The van der Waals surface area contributed by atoms with E-state index in [2.05, 4.69) is 10.2 Å². The van der Waals surface area contributed by atoms with Gasteiger partial charge in [-0.3, -0.25) is 0 Å². The topological polar surface area (TPSA) is 76.2 Å². The fourth-order valence-electron chi connectivity index (χ4n) is 2.07. The molecule has 1 heterocycles. The third kappa shape index (κ3) is 4.49. The third-order valence-corrected chi connectivity index (χ3v) is 5.26. The highest BCUT2D eigenvalue weighted by atomic mass is 35.5. The van der Waals surface area contributed by atoms with Gasteiger partial charge >= 0.3 is 5.97 Å². The molecule has 0 saturated carbocycles. The summed E-state index contributed by atoms with van der Waals surface area (Å²) in [4.78, 5) is 12.7. The predicted molar refractivity (Wildman–Crippen MR) is 104 cm³/mol. The summed E-state index contributed by atoms with van der Waals surface area (Å²) >= 11 is 8.63. The van der Waals surface area contributed by atoms with Gasteiger partial charge in [0.1, 0.15) is 4.91 Å². The summed E-state index contributed by atoms with van der Waals surface area (Å²) in [6.45, 7) is 0. The van der Waals surface area contributed by atoms with Crippen LogP contribution in [0, 0.1) is 0 Å². The van der Waals surface area contributed by atoms with Crippen LogP contribution in [-0.4, -0.2) is 27.5 Å². The van der Waals surface area contributed by atoms with Crippen molar-refractivity contribution in [2.45, 2.75) is 10.1 Å². The van der Waals surface area contributed by atoms with Crippen molar-refractivity contribution in [3.05, 3.63) is 64.0 Å². The first-order chi connectivity index (χ1) is 12.6. The van der Waals surface area contributed by atoms with Gasteiger partial charge in [0.25, 0.3) is 5.22 Å². The van der Waals surface area contributed by atoms with Crippen molar-refractivity contribution in [2.24, 2.45) is 0 Å². The van der Waals surface area contributed by atoms with Crippen molar-refractivity contribution in [2.75, 3.05) is 6.26 Å². The van der Waals surface area contributed by atoms with E-state index in [1.165, 1.54) is 0 Å². The van der Waals surface area contributed by atoms with Crippen LogP contribution in [0.4, 0.5) is 0 Å². The molecule has 0 radical (unpaired) electrons. The Kier molecular flexibility index (Phi) is 6.03. The van der Waals surface area contributed by atoms with Crippen LogP contribution in [-0.2, 0) is 4.79 Å². The minimum Gasteiger partial charge on any atom is -0.477 e. The SMILES string of the molecule is CSc1ccc(/C=C(/Sc2nnc(-c3ccccc3Cl)o2)C(=O)O)cc1. The Hall–Kier alpha value is -2.22. The van der Waals surface area contributed by atoms with Gasteiger partial charge in [0.15, 0.2) is 0 Å². The van der Waals surface area contributed by atoms with Gasteiger partial charge in [-0.15, -0.1) is 22.0 Å². The van der Waals surface area contributed by atoms with Crippen molar-refractivity contribution >= 4 is 47.2 Å². The quantitative estimate of drug-likeness (QED) is 0.439. The summed E-state index contributed by atoms with van der Waals surface area (Å²) in [5, 5.41) is 17.9. The lowest BCUT2D eigenvalue weighted by Gasteiger charge is -2.01. The monoisotopic (exact) mass is 404 g/mol. The predicted octanol–water partition coefficient (Wildman–Crippen LogP) is 5.33. The third-order valence-electron chi connectivity index (χ3n) is 3.33. The smallest absolute Gasteiger partial charge is 0.342 e. The maximum Gasteiger partial charge on any atom is 0.342 e. The molecule has 5 nitrogen and oxygen atoms in total. The van der Waals surface area contributed by atoms with Gasteiger partial charge in [-0.1, -0.05) is 35.9 Å². The molecular weight excluding hydrogens is 392 g/mol. The number of hydrogen-bond acceptors (Lipinski definition) is 6. The van der Waals surface area contributed by atoms with E-state index in [9.17, 15) is 9.90 Å². The number of carbonyl (C=O) groups is 1. The lowest BCUT2D eigenvalue weighted by Crippen LogP contribution is -1.96. The zero-order chi connectivity index (χ0) is 18.5. The molecule has 0 atom stereocenters. The molecule has 0 fully saturated rings. The van der Waals surface area contributed by atoms with E-state index in [0.717, 1.165) is 22.2 Å². The van der Waals surface area contributed by atoms with Gasteiger partial charge in [0.05, 0.1) is 10.6 Å². The number of carboxylic acids is 1. The van der Waals surface area contributed by atoms with Gasteiger partial charge in [0, 0.05) is 4.90 Å². The fraction of sp³-hybridized carbons (Fsp3) is 0.0556. The second kappa shape index (κ2) is 8.44. The Balaban J connectivity index is 1.84. The Morgan fingerprint density at radius 1 is 1.15 bits per heavy atom. The van der Waals surface area contributed by atoms with Crippen molar-refractivity contribution in [1.82, 2.24) is 10.2 Å². The van der Waals surface area contributed by atoms with Crippen LogP contribution in [0.5, 0.6) is 0 Å². The summed E-state index contributed by atoms with van der Waals surface area (Å²) in [6, 6.07) is 14.7. The van der Waals surface area contributed by atoms with Gasteiger partial charge in [-0.25, -0.2) is 4.79 Å². The zero-order valence-electron chi connectivity index (χ0n) is 13.5. The minimum atomic E-state index is -1.07. The molecule has 0 aliphatic rings.